The minimum absolute atomic E-state index is 0.253. The quantitative estimate of drug-likeness (QED) is 0.389. The van der Waals surface area contributed by atoms with E-state index in [1.54, 1.807) is 4.57 Å². The number of nitrogens with one attached hydrogen (secondary N) is 1. The van der Waals surface area contributed by atoms with Crippen LogP contribution in [0, 0.1) is 0 Å². The third kappa shape index (κ3) is 3.59. The molecule has 3 atom stereocenters. The number of nitrogens with zero attached hydrogens (tertiary/aromatic N) is 4. The molecule has 2 aromatic carbocycles. The summed E-state index contributed by atoms with van der Waals surface area (Å²) in [5.74, 6) is 0.717. The van der Waals surface area contributed by atoms with Gasteiger partial charge in [0.15, 0.2) is 17.0 Å². The molecule has 2 aromatic heterocycles. The minimum atomic E-state index is -0.787. The molecule has 1 aliphatic rings. The molecule has 5 N–H and O–H groups in total. The summed E-state index contributed by atoms with van der Waals surface area (Å²) >= 11 is 0. The summed E-state index contributed by atoms with van der Waals surface area (Å²) in [5, 5.41) is 23.0. The number of aromatic nitrogens is 4. The van der Waals surface area contributed by atoms with Gasteiger partial charge in [-0.3, -0.25) is 4.57 Å². The average Bonchev–Trinajstić information content (AvgIpc) is 3.35. The number of nitrogens with two attached hydrogens (primary N) is 1. The van der Waals surface area contributed by atoms with E-state index in [2.05, 4.69) is 32.4 Å². The van der Waals surface area contributed by atoms with Gasteiger partial charge in [0, 0.05) is 12.1 Å². The number of fused-ring (bicyclic) bond motifs is 1. The highest BCUT2D eigenvalue weighted by atomic mass is 16.5. The van der Waals surface area contributed by atoms with Gasteiger partial charge in [0.1, 0.15) is 18.7 Å². The summed E-state index contributed by atoms with van der Waals surface area (Å²) in [5.41, 5.74) is 10.00. The molecule has 1 aliphatic heterocycles. The first-order valence-corrected chi connectivity index (χ1v) is 9.99. The lowest BCUT2D eigenvalue weighted by atomic mass is 10.1. The maximum Gasteiger partial charge on any atom is 0.211 e. The molecule has 4 aromatic rings. The molecule has 3 unspecified atom stereocenters. The Morgan fingerprint density at radius 1 is 1.06 bits per heavy atom. The van der Waals surface area contributed by atoms with Gasteiger partial charge in [-0.05, 0) is 23.3 Å². The molecular weight excluding hydrogens is 396 g/mol. The van der Waals surface area contributed by atoms with Crippen molar-refractivity contribution in [3.05, 3.63) is 60.9 Å². The van der Waals surface area contributed by atoms with Crippen LogP contribution in [0.2, 0.25) is 0 Å². The third-order valence-electron chi connectivity index (χ3n) is 5.43. The average molecular weight is 418 g/mol. The van der Waals surface area contributed by atoms with Gasteiger partial charge < -0.3 is 26.0 Å². The number of benzene rings is 2. The zero-order chi connectivity index (χ0) is 21.4. The molecule has 9 heteroatoms. The second kappa shape index (κ2) is 7.95. The molecule has 0 saturated carbocycles. The van der Waals surface area contributed by atoms with Gasteiger partial charge in [0.05, 0.1) is 12.7 Å². The Labute approximate surface area is 178 Å². The van der Waals surface area contributed by atoms with Crippen molar-refractivity contribution in [3.8, 4) is 11.1 Å². The van der Waals surface area contributed by atoms with E-state index in [1.807, 2.05) is 42.5 Å². The highest BCUT2D eigenvalue weighted by Gasteiger charge is 2.37. The lowest BCUT2D eigenvalue weighted by molar-refractivity contribution is -0.0425. The summed E-state index contributed by atoms with van der Waals surface area (Å²) in [4.78, 5) is 12.9. The number of ether oxygens (including phenoxy) is 1. The van der Waals surface area contributed by atoms with Crippen molar-refractivity contribution in [2.45, 2.75) is 24.9 Å². The summed E-state index contributed by atoms with van der Waals surface area (Å²) in [6.07, 6.45) is -0.354. The SMILES string of the molecule is Nc1ncnc2c1nc(Nc1ccc(-c3ccccc3)cc1)n2C1CC(O)C(CO)O1. The van der Waals surface area contributed by atoms with Crippen LogP contribution >= 0.6 is 0 Å². The number of rotatable bonds is 5. The summed E-state index contributed by atoms with van der Waals surface area (Å²) in [6.45, 7) is -0.273. The zero-order valence-electron chi connectivity index (χ0n) is 16.6. The van der Waals surface area contributed by atoms with Crippen molar-refractivity contribution in [2.75, 3.05) is 17.7 Å². The van der Waals surface area contributed by atoms with Crippen molar-refractivity contribution >= 4 is 28.6 Å². The minimum Gasteiger partial charge on any atom is -0.394 e. The number of aliphatic hydroxyl groups excluding tert-OH is 2. The Hall–Kier alpha value is -3.53. The summed E-state index contributed by atoms with van der Waals surface area (Å²) in [6, 6.07) is 18.1. The Kier molecular flexibility index (Phi) is 4.99. The molecule has 0 spiro atoms. The Balaban J connectivity index is 1.50. The van der Waals surface area contributed by atoms with E-state index in [1.165, 1.54) is 6.33 Å². The number of hydrogen-bond acceptors (Lipinski definition) is 8. The highest BCUT2D eigenvalue weighted by Crippen LogP contribution is 2.35. The van der Waals surface area contributed by atoms with Crippen LogP contribution in [-0.2, 0) is 4.74 Å². The normalized spacial score (nSPS) is 20.9. The fraction of sp³-hybridized carbons (Fsp3) is 0.227. The molecule has 158 valence electrons. The van der Waals surface area contributed by atoms with Gasteiger partial charge in [-0.15, -0.1) is 0 Å². The van der Waals surface area contributed by atoms with Crippen LogP contribution in [0.4, 0.5) is 17.5 Å². The van der Waals surface area contributed by atoms with Gasteiger partial charge >= 0.3 is 0 Å². The Morgan fingerprint density at radius 2 is 1.81 bits per heavy atom. The molecule has 0 radical (unpaired) electrons. The van der Waals surface area contributed by atoms with E-state index in [0.29, 0.717) is 23.5 Å². The second-order valence-corrected chi connectivity index (χ2v) is 7.42. The number of aliphatic hydroxyl groups is 2. The summed E-state index contributed by atoms with van der Waals surface area (Å²) in [7, 11) is 0. The van der Waals surface area contributed by atoms with Crippen LogP contribution in [0.25, 0.3) is 22.3 Å². The Morgan fingerprint density at radius 3 is 2.52 bits per heavy atom. The largest absolute Gasteiger partial charge is 0.394 e. The first-order chi connectivity index (χ1) is 15.1. The predicted octanol–water partition coefficient (Wildman–Crippen LogP) is 2.46. The standard InChI is InChI=1S/C22H22N6O3/c23-20-19-21(25-12-24-20)28(18-10-16(30)17(11-29)31-18)22(27-19)26-15-8-6-14(7-9-15)13-4-2-1-3-5-13/h1-9,12,16-18,29-30H,10-11H2,(H,26,27)(H2,23,24,25). The molecule has 0 amide bonds. The molecule has 3 heterocycles. The number of hydrogen-bond donors (Lipinski definition) is 4. The van der Waals surface area contributed by atoms with E-state index < -0.39 is 18.4 Å². The van der Waals surface area contributed by atoms with E-state index in [4.69, 9.17) is 10.5 Å². The highest BCUT2D eigenvalue weighted by molar-refractivity contribution is 5.84. The van der Waals surface area contributed by atoms with Crippen molar-refractivity contribution in [1.29, 1.82) is 0 Å². The first kappa shape index (κ1) is 19.4. The lowest BCUT2D eigenvalue weighted by Gasteiger charge is -2.17. The molecule has 0 bridgehead atoms. The van der Waals surface area contributed by atoms with Crippen LogP contribution in [0.1, 0.15) is 12.6 Å². The van der Waals surface area contributed by atoms with Crippen molar-refractivity contribution in [3.63, 3.8) is 0 Å². The monoisotopic (exact) mass is 418 g/mol. The maximum atomic E-state index is 10.2. The van der Waals surface area contributed by atoms with Gasteiger partial charge in [0.25, 0.3) is 0 Å². The fourth-order valence-corrected chi connectivity index (χ4v) is 3.83. The van der Waals surface area contributed by atoms with Crippen LogP contribution in [0.15, 0.2) is 60.9 Å². The number of nitrogen functional groups attached to an aromatic ring is 1. The van der Waals surface area contributed by atoms with E-state index in [9.17, 15) is 10.2 Å². The van der Waals surface area contributed by atoms with Gasteiger partial charge in [-0.25, -0.2) is 15.0 Å². The second-order valence-electron chi connectivity index (χ2n) is 7.42. The lowest BCUT2D eigenvalue weighted by Crippen LogP contribution is -2.24. The first-order valence-electron chi connectivity index (χ1n) is 9.99. The van der Waals surface area contributed by atoms with Crippen molar-refractivity contribution < 1.29 is 14.9 Å². The summed E-state index contributed by atoms with van der Waals surface area (Å²) < 4.78 is 7.60. The van der Waals surface area contributed by atoms with Gasteiger partial charge in [0.2, 0.25) is 5.95 Å². The maximum absolute atomic E-state index is 10.2. The number of imidazole rings is 1. The molecular formula is C22H22N6O3. The molecule has 5 rings (SSSR count). The number of anilines is 3. The van der Waals surface area contributed by atoms with Crippen LogP contribution in [-0.4, -0.2) is 48.5 Å². The van der Waals surface area contributed by atoms with E-state index in [0.717, 1.165) is 16.8 Å². The van der Waals surface area contributed by atoms with Crippen molar-refractivity contribution in [2.24, 2.45) is 0 Å². The van der Waals surface area contributed by atoms with Crippen LogP contribution in [0.3, 0.4) is 0 Å². The van der Waals surface area contributed by atoms with Crippen LogP contribution < -0.4 is 11.1 Å². The van der Waals surface area contributed by atoms with Crippen molar-refractivity contribution in [1.82, 2.24) is 19.5 Å². The molecule has 1 saturated heterocycles. The third-order valence-corrected chi connectivity index (χ3v) is 5.43. The molecule has 0 aliphatic carbocycles. The van der Waals surface area contributed by atoms with Crippen LogP contribution in [0.5, 0.6) is 0 Å². The van der Waals surface area contributed by atoms with E-state index in [-0.39, 0.29) is 12.4 Å². The van der Waals surface area contributed by atoms with Gasteiger partial charge in [-0.1, -0.05) is 42.5 Å². The molecule has 31 heavy (non-hydrogen) atoms. The molecule has 9 nitrogen and oxygen atoms in total. The van der Waals surface area contributed by atoms with Gasteiger partial charge in [-0.2, -0.15) is 0 Å². The predicted molar refractivity (Wildman–Crippen MR) is 117 cm³/mol. The van der Waals surface area contributed by atoms with E-state index >= 15 is 0 Å². The topological polar surface area (TPSA) is 131 Å². The fourth-order valence-electron chi connectivity index (χ4n) is 3.83. The molecule has 1 fully saturated rings. The Bertz CT molecular complexity index is 1200. The zero-order valence-corrected chi connectivity index (χ0v) is 16.6. The smallest absolute Gasteiger partial charge is 0.211 e.